The van der Waals surface area contributed by atoms with Crippen LogP contribution in [0, 0.1) is 0 Å². The van der Waals surface area contributed by atoms with Crippen molar-refractivity contribution in [2.24, 2.45) is 0 Å². The Balaban J connectivity index is 1.07. The molecule has 11 heteroatoms. The van der Waals surface area contributed by atoms with Crippen LogP contribution in [0.2, 0.25) is 0 Å². The second kappa shape index (κ2) is 11.2. The molecule has 39 heavy (non-hydrogen) atoms. The van der Waals surface area contributed by atoms with Crippen LogP contribution in [-0.2, 0) is 16.1 Å². The molecule has 5 heterocycles. The number of carbonyl (C=O) groups is 3. The van der Waals surface area contributed by atoms with Crippen LogP contribution in [0.15, 0.2) is 36.5 Å². The minimum Gasteiger partial charge on any atom is -0.352 e. The average Bonchev–Trinajstić information content (AvgIpc) is 3.63. The zero-order valence-corrected chi connectivity index (χ0v) is 23.4. The lowest BCUT2D eigenvalue weighted by atomic mass is 9.91. The minimum absolute atomic E-state index is 0.0000746. The molecule has 6 rings (SSSR count). The van der Waals surface area contributed by atoms with Crippen molar-refractivity contribution in [1.82, 2.24) is 25.8 Å². The van der Waals surface area contributed by atoms with Crippen LogP contribution in [0.25, 0.3) is 10.4 Å². The predicted molar refractivity (Wildman–Crippen MR) is 153 cm³/mol. The SMILES string of the molecule is CC(=O)NCc1ccc(-c2cnc(C3CN(C(=O)c4ccc(NC(=O)[C@@H]5CCCN5)s4)C3)s2)cc1C1CCN1. The molecule has 3 amide bonds. The van der Waals surface area contributed by atoms with Crippen molar-refractivity contribution in [3.63, 3.8) is 0 Å². The van der Waals surface area contributed by atoms with Crippen molar-refractivity contribution in [2.45, 2.75) is 50.7 Å². The molecule has 3 aliphatic rings. The second-order valence-corrected chi connectivity index (χ2v) is 12.5. The first-order valence-corrected chi connectivity index (χ1v) is 15.1. The Bertz CT molecular complexity index is 1390. The molecule has 3 aromatic rings. The molecular formula is C28H32N6O3S2. The number of thiazole rings is 1. The Morgan fingerprint density at radius 3 is 2.64 bits per heavy atom. The van der Waals surface area contributed by atoms with Crippen LogP contribution in [0.1, 0.15) is 64.0 Å². The summed E-state index contributed by atoms with van der Waals surface area (Å²) in [6.07, 6.45) is 4.87. The molecule has 204 valence electrons. The van der Waals surface area contributed by atoms with Gasteiger partial charge in [-0.25, -0.2) is 4.98 Å². The maximum Gasteiger partial charge on any atom is 0.264 e. The Hall–Kier alpha value is -3.12. The van der Waals surface area contributed by atoms with Crippen molar-refractivity contribution in [2.75, 3.05) is 31.5 Å². The van der Waals surface area contributed by atoms with Gasteiger partial charge >= 0.3 is 0 Å². The molecule has 0 spiro atoms. The van der Waals surface area contributed by atoms with E-state index in [1.165, 1.54) is 23.8 Å². The van der Waals surface area contributed by atoms with Crippen LogP contribution in [0.3, 0.4) is 0 Å². The van der Waals surface area contributed by atoms with Crippen molar-refractivity contribution >= 4 is 45.4 Å². The predicted octanol–water partition coefficient (Wildman–Crippen LogP) is 3.47. The first kappa shape index (κ1) is 26.1. The van der Waals surface area contributed by atoms with Gasteiger partial charge in [0, 0.05) is 44.7 Å². The highest BCUT2D eigenvalue weighted by Gasteiger charge is 2.35. The molecule has 2 aromatic heterocycles. The molecule has 9 nitrogen and oxygen atoms in total. The largest absolute Gasteiger partial charge is 0.352 e. The van der Waals surface area contributed by atoms with Crippen LogP contribution < -0.4 is 21.3 Å². The van der Waals surface area contributed by atoms with Crippen molar-refractivity contribution in [3.05, 3.63) is 57.5 Å². The molecule has 1 unspecified atom stereocenters. The standard InChI is InChI=1S/C28H32N6O3S2/c1-16(35)31-12-18-5-4-17(11-20(18)21-8-10-30-21)24-13-32-27(39-24)19-14-34(15-19)28(37)23-6-7-25(38-23)33-26(36)22-3-2-9-29-22/h4-7,11,13,19,21-22,29-30H,2-3,8-10,12,14-15H2,1H3,(H,31,35)(H,33,36)/t21?,22-/m0/s1. The molecule has 2 atom stereocenters. The molecular weight excluding hydrogens is 532 g/mol. The van der Waals surface area contributed by atoms with Gasteiger partial charge in [-0.2, -0.15) is 0 Å². The molecule has 3 aliphatic heterocycles. The van der Waals surface area contributed by atoms with Gasteiger partial charge < -0.3 is 26.2 Å². The van der Waals surface area contributed by atoms with Gasteiger partial charge in [-0.05, 0) is 67.2 Å². The lowest BCUT2D eigenvalue weighted by Gasteiger charge is -2.37. The van der Waals surface area contributed by atoms with E-state index in [0.29, 0.717) is 35.6 Å². The molecule has 4 N–H and O–H groups in total. The van der Waals surface area contributed by atoms with E-state index in [0.717, 1.165) is 53.4 Å². The highest BCUT2D eigenvalue weighted by atomic mass is 32.1. The van der Waals surface area contributed by atoms with Gasteiger partial charge in [0.1, 0.15) is 0 Å². The number of carbonyl (C=O) groups excluding carboxylic acids is 3. The number of hydrogen-bond donors (Lipinski definition) is 4. The number of benzene rings is 1. The number of hydrogen-bond acceptors (Lipinski definition) is 8. The summed E-state index contributed by atoms with van der Waals surface area (Å²) >= 11 is 3.01. The number of aromatic nitrogens is 1. The summed E-state index contributed by atoms with van der Waals surface area (Å²) in [5.74, 6) is 0.164. The van der Waals surface area contributed by atoms with E-state index in [2.05, 4.69) is 39.5 Å². The van der Waals surface area contributed by atoms with Crippen LogP contribution >= 0.6 is 22.7 Å². The van der Waals surface area contributed by atoms with E-state index in [-0.39, 0.29) is 29.7 Å². The van der Waals surface area contributed by atoms with Gasteiger partial charge in [0.05, 0.1) is 25.8 Å². The fourth-order valence-corrected chi connectivity index (χ4v) is 7.08. The van der Waals surface area contributed by atoms with Crippen LogP contribution in [0.4, 0.5) is 5.00 Å². The Labute approximate surface area is 235 Å². The highest BCUT2D eigenvalue weighted by molar-refractivity contribution is 7.18. The third-order valence-corrected chi connectivity index (χ3v) is 9.84. The summed E-state index contributed by atoms with van der Waals surface area (Å²) < 4.78 is 0. The number of likely N-dealkylation sites (tertiary alicyclic amines) is 1. The first-order valence-electron chi connectivity index (χ1n) is 13.4. The van der Waals surface area contributed by atoms with E-state index in [9.17, 15) is 14.4 Å². The third kappa shape index (κ3) is 5.62. The van der Waals surface area contributed by atoms with E-state index in [1.54, 1.807) is 17.4 Å². The zero-order valence-electron chi connectivity index (χ0n) is 21.8. The molecule has 3 saturated heterocycles. The highest BCUT2D eigenvalue weighted by Crippen LogP contribution is 2.37. The maximum absolute atomic E-state index is 13.0. The van der Waals surface area contributed by atoms with E-state index in [1.807, 2.05) is 17.2 Å². The summed E-state index contributed by atoms with van der Waals surface area (Å²) in [7, 11) is 0. The lowest BCUT2D eigenvalue weighted by Crippen LogP contribution is -2.48. The summed E-state index contributed by atoms with van der Waals surface area (Å²) in [5.41, 5.74) is 3.49. The van der Waals surface area contributed by atoms with Gasteiger partial charge in [-0.1, -0.05) is 12.1 Å². The van der Waals surface area contributed by atoms with E-state index in [4.69, 9.17) is 4.98 Å². The van der Waals surface area contributed by atoms with E-state index < -0.39 is 0 Å². The van der Waals surface area contributed by atoms with Gasteiger partial charge in [0.2, 0.25) is 11.8 Å². The fourth-order valence-electron chi connectivity index (χ4n) is 5.21. The van der Waals surface area contributed by atoms with Gasteiger partial charge in [-0.3, -0.25) is 14.4 Å². The zero-order chi connectivity index (χ0) is 26.9. The van der Waals surface area contributed by atoms with Crippen LogP contribution in [0.5, 0.6) is 0 Å². The molecule has 0 saturated carbocycles. The monoisotopic (exact) mass is 564 g/mol. The molecule has 0 aliphatic carbocycles. The Morgan fingerprint density at radius 1 is 1.08 bits per heavy atom. The maximum atomic E-state index is 13.0. The number of nitrogens with zero attached hydrogens (tertiary/aromatic N) is 2. The summed E-state index contributed by atoms with van der Waals surface area (Å²) in [6.45, 7) is 5.23. The Morgan fingerprint density at radius 2 is 1.92 bits per heavy atom. The van der Waals surface area contributed by atoms with Crippen LogP contribution in [-0.4, -0.2) is 59.8 Å². The smallest absolute Gasteiger partial charge is 0.264 e. The lowest BCUT2D eigenvalue weighted by molar-refractivity contribution is -0.119. The number of amides is 3. The topological polar surface area (TPSA) is 115 Å². The van der Waals surface area contributed by atoms with Crippen molar-refractivity contribution in [1.29, 1.82) is 0 Å². The summed E-state index contributed by atoms with van der Waals surface area (Å²) in [6, 6.07) is 10.2. The second-order valence-electron chi connectivity index (χ2n) is 10.4. The Kier molecular flexibility index (Phi) is 7.48. The summed E-state index contributed by atoms with van der Waals surface area (Å²) in [4.78, 5) is 45.1. The van der Waals surface area contributed by atoms with Crippen molar-refractivity contribution < 1.29 is 14.4 Å². The molecule has 0 radical (unpaired) electrons. The number of anilines is 1. The normalized spacial score (nSPS) is 20.8. The first-order chi connectivity index (χ1) is 18.9. The van der Waals surface area contributed by atoms with Crippen molar-refractivity contribution in [3.8, 4) is 10.4 Å². The molecule has 0 bridgehead atoms. The summed E-state index contributed by atoms with van der Waals surface area (Å²) in [5, 5.41) is 14.3. The number of rotatable bonds is 8. The minimum atomic E-state index is -0.145. The van der Waals surface area contributed by atoms with Gasteiger partial charge in [-0.15, -0.1) is 22.7 Å². The number of thiophene rings is 1. The fraction of sp³-hybridized carbons (Fsp3) is 0.429. The van der Waals surface area contributed by atoms with E-state index >= 15 is 0 Å². The van der Waals surface area contributed by atoms with Gasteiger partial charge in [0.25, 0.3) is 5.91 Å². The average molecular weight is 565 g/mol. The third-order valence-electron chi connectivity index (χ3n) is 7.64. The quantitative estimate of drug-likeness (QED) is 0.333. The number of nitrogens with one attached hydrogen (secondary N) is 4. The van der Waals surface area contributed by atoms with Gasteiger partial charge in [0.15, 0.2) is 0 Å². The molecule has 1 aromatic carbocycles. The molecule has 3 fully saturated rings.